The van der Waals surface area contributed by atoms with Crippen LogP contribution in [0.4, 0.5) is 5.69 Å². The van der Waals surface area contributed by atoms with E-state index in [9.17, 15) is 77.0 Å². The quantitative estimate of drug-likeness (QED) is 0.0674. The fourth-order valence-corrected chi connectivity index (χ4v) is 17.2. The Bertz CT molecular complexity index is 3310. The number of carbonyl (C=O) groups is 15. The van der Waals surface area contributed by atoms with E-state index in [0.717, 1.165) is 23.5 Å². The van der Waals surface area contributed by atoms with Crippen LogP contribution in [0.2, 0.25) is 0 Å². The number of benzene rings is 1. The first-order chi connectivity index (χ1) is 49.2. The lowest BCUT2D eigenvalue weighted by molar-refractivity contribution is -0.157. The minimum absolute atomic E-state index is 0.0227. The maximum Gasteiger partial charge on any atom is 0.313 e. The number of esters is 1. The molecule has 4 N–H and O–H groups in total. The van der Waals surface area contributed by atoms with Gasteiger partial charge in [0.2, 0.25) is 53.2 Å². The third-order valence-electron chi connectivity index (χ3n) is 20.5. The van der Waals surface area contributed by atoms with Crippen molar-refractivity contribution >= 4 is 117 Å². The van der Waals surface area contributed by atoms with Crippen LogP contribution in [0.5, 0.6) is 5.75 Å². The number of Topliss-reactive ketones (excluding diaryl/α,β-unsaturated/α-hetero) is 4. The Kier molecular flexibility index (Phi) is 33.1. The number of methoxy groups -OCH3 is 2. The van der Waals surface area contributed by atoms with Crippen molar-refractivity contribution in [3.63, 3.8) is 0 Å². The number of aliphatic carboxylic acids is 1. The molecule has 5 aliphatic heterocycles. The first-order valence-electron chi connectivity index (χ1n) is 36.1. The minimum atomic E-state index is -1.96. The lowest BCUT2D eigenvalue weighted by Gasteiger charge is -2.41. The number of likely N-dealkylation sites (N-methyl/N-ethyl adjacent to an activating group) is 2. The monoisotopic (exact) mass is 1500 g/mol. The summed E-state index contributed by atoms with van der Waals surface area (Å²) in [5.41, 5.74) is 0.177. The van der Waals surface area contributed by atoms with Crippen molar-refractivity contribution in [1.29, 1.82) is 0 Å². The number of rotatable bonds is 23. The highest BCUT2D eigenvalue weighted by atomic mass is 32.2. The van der Waals surface area contributed by atoms with Crippen molar-refractivity contribution in [2.45, 2.75) is 211 Å². The highest BCUT2D eigenvalue weighted by Crippen LogP contribution is 2.39. The average molecular weight is 1500 g/mol. The van der Waals surface area contributed by atoms with Gasteiger partial charge in [-0.15, -0.1) is 23.5 Å². The van der Waals surface area contributed by atoms with Gasteiger partial charge in [0.1, 0.15) is 17.9 Å². The van der Waals surface area contributed by atoms with Gasteiger partial charge < -0.3 is 54.5 Å². The second kappa shape index (κ2) is 40.1. The maximum atomic E-state index is 14.7. The number of hydrogen-bond donors (Lipinski definition) is 4. The molecule has 0 radical (unpaired) electrons. The maximum absolute atomic E-state index is 14.7. The van der Waals surface area contributed by atoms with E-state index in [1.807, 2.05) is 60.5 Å². The van der Waals surface area contributed by atoms with Gasteiger partial charge in [-0.05, 0) is 82.2 Å². The van der Waals surface area contributed by atoms with Crippen LogP contribution in [-0.4, -0.2) is 257 Å². The van der Waals surface area contributed by atoms with Gasteiger partial charge in [0.25, 0.3) is 0 Å². The molecule has 0 spiro atoms. The summed E-state index contributed by atoms with van der Waals surface area (Å²) < 4.78 is 29.2. The molecule has 4 unspecified atom stereocenters. The topological polar surface area (TPSA) is 375 Å². The van der Waals surface area contributed by atoms with Crippen LogP contribution in [0.15, 0.2) is 18.2 Å². The van der Waals surface area contributed by atoms with Crippen LogP contribution >= 0.6 is 23.5 Å². The van der Waals surface area contributed by atoms with Crippen molar-refractivity contribution in [3.05, 3.63) is 23.8 Å². The molecule has 0 aromatic heterocycles. The summed E-state index contributed by atoms with van der Waals surface area (Å²) in [5.74, 6) is -14.4. The van der Waals surface area contributed by atoms with Gasteiger partial charge in [0, 0.05) is 109 Å². The smallest absolute Gasteiger partial charge is 0.313 e. The zero-order valence-corrected chi connectivity index (χ0v) is 64.2. The van der Waals surface area contributed by atoms with E-state index < -0.39 is 160 Å². The normalized spacial score (nSPS) is 25.2. The molecule has 5 heterocycles. The Labute approximate surface area is 617 Å². The molecule has 0 aliphatic carbocycles. The zero-order valence-electron chi connectivity index (χ0n) is 62.6. The number of fused-ring (bicyclic) bond motifs is 8. The highest BCUT2D eigenvalue weighted by molar-refractivity contribution is 8.17. The number of ketones is 4. The van der Waals surface area contributed by atoms with Crippen LogP contribution in [-0.2, 0) is 97.3 Å². The van der Waals surface area contributed by atoms with E-state index in [1.54, 1.807) is 23.8 Å². The van der Waals surface area contributed by atoms with Crippen LogP contribution < -0.4 is 20.7 Å². The summed E-state index contributed by atoms with van der Waals surface area (Å²) in [6.45, 7) is 15.4. The van der Waals surface area contributed by atoms with Gasteiger partial charge >= 0.3 is 11.9 Å². The van der Waals surface area contributed by atoms with E-state index in [1.165, 1.54) is 46.3 Å². The molecule has 29 nitrogen and oxygen atoms in total. The number of thioether (sulfide) groups is 2. The van der Waals surface area contributed by atoms with E-state index >= 15 is 0 Å². The Morgan fingerprint density at radius 1 is 0.721 bits per heavy atom. The number of amides is 9. The molecule has 0 saturated carbocycles. The Hall–Kier alpha value is -7.03. The van der Waals surface area contributed by atoms with Crippen molar-refractivity contribution in [1.82, 2.24) is 35.1 Å². The molecule has 31 heteroatoms. The number of carbonyl (C=O) groups excluding carboxylic acids is 14. The Morgan fingerprint density at radius 3 is 1.95 bits per heavy atom. The number of carboxylic acids is 1. The van der Waals surface area contributed by atoms with Gasteiger partial charge in [-0.25, -0.2) is 0 Å². The van der Waals surface area contributed by atoms with Crippen LogP contribution in [0, 0.1) is 41.4 Å². The lowest BCUT2D eigenvalue weighted by atomic mass is 9.83. The van der Waals surface area contributed by atoms with Crippen LogP contribution in [0.1, 0.15) is 151 Å². The fourth-order valence-electron chi connectivity index (χ4n) is 14.6. The van der Waals surface area contributed by atoms with Gasteiger partial charge in [0.15, 0.2) is 23.1 Å². The molecule has 5 aliphatic rings. The van der Waals surface area contributed by atoms with Crippen molar-refractivity contribution in [3.8, 4) is 5.75 Å². The van der Waals surface area contributed by atoms with Gasteiger partial charge in [0.05, 0.1) is 91.1 Å². The van der Waals surface area contributed by atoms with Crippen LogP contribution in [0.25, 0.3) is 0 Å². The second-order valence-electron chi connectivity index (χ2n) is 28.8. The van der Waals surface area contributed by atoms with Gasteiger partial charge in [-0.3, -0.25) is 86.6 Å². The number of nitrogens with zero attached hydrogens (tertiary/aromatic N) is 5. The number of ether oxygens (including phenoxy) is 5. The molecule has 1 aromatic rings. The summed E-state index contributed by atoms with van der Waals surface area (Å²) in [5, 5.41) is 16.9. The molecule has 4 bridgehead atoms. The second-order valence-corrected chi connectivity index (χ2v) is 31.6. The van der Waals surface area contributed by atoms with E-state index in [2.05, 4.69) is 16.0 Å². The predicted octanol–water partition coefficient (Wildman–Crippen LogP) is 4.29. The standard InChI is InChI=1S/C73H108N8O21S2/c1-15-41(6)64(78(12)70(93)47(39(2)3)34-53(85)63(40(4)5)77(10)11)55(98-13)35-59(87)79-25-16-18-49(79)67(99-14)43(8)51(83)33-46(73(96)97)31-45-20-21-54-48(32-45)76-68(91)42(7)30-52(84)44(9)75-58(86)22-27-100-26-17-19-50(82)65-66(69(92)74-24-29-101-28-23-62(90)102-54)81-61(89)37-57(72(81)95)104-38-103-56-36-60(88)80(65)71(56)94/h20-21,32,39-44,46-47,49,55-57,63-67H,15-19,22-31,33-38H2,1-14H3,(H,74,92)(H,75,86)(H,76,91)(H,96,97)/t41-,42+,43-,44-,46+,47-,49-,55+,56?,57?,63-,64-,65?,66?,67+/m0/s1. The number of nitrogens with one attached hydrogen (secondary N) is 3. The molecule has 4 saturated heterocycles. The number of anilines is 1. The van der Waals surface area contributed by atoms with Gasteiger partial charge in [-0.1, -0.05) is 67.9 Å². The number of carboxylic acid groups (broad SMARTS) is 1. The molecule has 9 amide bonds. The third kappa shape index (κ3) is 22.3. The average Bonchev–Trinajstić information content (AvgIpc) is 1.60. The molecule has 104 heavy (non-hydrogen) atoms. The molecule has 1 aromatic carbocycles. The Balaban J connectivity index is 1.18. The first kappa shape index (κ1) is 85.9. The first-order valence-corrected chi connectivity index (χ1v) is 38.2. The Morgan fingerprint density at radius 2 is 1.36 bits per heavy atom. The molecule has 4 fully saturated rings. The largest absolute Gasteiger partial charge is 0.481 e. The predicted molar refractivity (Wildman–Crippen MR) is 384 cm³/mol. The third-order valence-corrected chi connectivity index (χ3v) is 23.1. The highest BCUT2D eigenvalue weighted by Gasteiger charge is 2.56. The summed E-state index contributed by atoms with van der Waals surface area (Å²) in [6, 6.07) is -2.33. The molecule has 15 atom stereocenters. The van der Waals surface area contributed by atoms with Gasteiger partial charge in [-0.2, -0.15) is 0 Å². The summed E-state index contributed by atoms with van der Waals surface area (Å²) in [7, 11) is 8.32. The summed E-state index contributed by atoms with van der Waals surface area (Å²) >= 11 is 2.18. The lowest BCUT2D eigenvalue weighted by Crippen LogP contribution is -2.64. The van der Waals surface area contributed by atoms with Crippen molar-refractivity contribution < 1.29 is 101 Å². The number of likely N-dealkylation sites (tertiary alicyclic amines) is 1. The minimum Gasteiger partial charge on any atom is -0.481 e. The molecular weight excluding hydrogens is 1390 g/mol. The van der Waals surface area contributed by atoms with Crippen LogP contribution in [0.3, 0.4) is 0 Å². The van der Waals surface area contributed by atoms with E-state index in [0.29, 0.717) is 35.6 Å². The van der Waals surface area contributed by atoms with E-state index in [-0.39, 0.29) is 154 Å². The fraction of sp³-hybridized carbons (Fsp3) is 0.712. The summed E-state index contributed by atoms with van der Waals surface area (Å²) in [4.78, 5) is 215. The van der Waals surface area contributed by atoms with E-state index in [4.69, 9.17) is 23.7 Å². The summed E-state index contributed by atoms with van der Waals surface area (Å²) in [6.07, 6.45) is -2.79. The van der Waals surface area contributed by atoms with Crippen molar-refractivity contribution in [2.24, 2.45) is 41.4 Å². The molecule has 578 valence electrons. The number of imide groups is 2. The number of hydrogen-bond acceptors (Lipinski definition) is 23. The van der Waals surface area contributed by atoms with Crippen molar-refractivity contribution in [2.75, 3.05) is 85.3 Å². The SMILES string of the molecule is CC[C@H](C)[C@@H]([C@@H](CC(=O)N1CCC[C@H]1[C@H](OC)[C@@H](C)C(=O)C[C@@H](Cc1ccc2c(c1)NC(=O)[C@H](C)CC(=O)[C@H](C)NC(=O)CCOCCCC(=O)C1C(C(=O)NCCOCCC(=O)O2)N2C(=O)CC(SCSC3CC(=O)N1C3=O)C2=O)C(=O)O)OC)N(C)C(=O)[C@@H](CC(=O)[C@H](C(C)C)N(C)C)C(C)C. The molecule has 6 rings (SSSR count). The zero-order chi connectivity index (χ0) is 77.1. The molecular formula is C73H108N8O21S2.